The first-order valence-corrected chi connectivity index (χ1v) is 7.76. The average Bonchev–Trinajstić information content (AvgIpc) is 2.62. The van der Waals surface area contributed by atoms with Crippen LogP contribution in [0.1, 0.15) is 36.6 Å². The minimum atomic E-state index is -0.194. The molecule has 0 radical (unpaired) electrons. The van der Waals surface area contributed by atoms with Crippen molar-refractivity contribution in [3.8, 4) is 0 Å². The Morgan fingerprint density at radius 1 is 1.09 bits per heavy atom. The highest BCUT2D eigenvalue weighted by Gasteiger charge is 2.23. The van der Waals surface area contributed by atoms with E-state index in [9.17, 15) is 4.79 Å². The van der Waals surface area contributed by atoms with Gasteiger partial charge < -0.3 is 5.32 Å². The minimum absolute atomic E-state index is 0.0694. The van der Waals surface area contributed by atoms with Gasteiger partial charge in [-0.2, -0.15) is 0 Å². The van der Waals surface area contributed by atoms with Crippen molar-refractivity contribution in [2.75, 3.05) is 0 Å². The molecule has 0 saturated carbocycles. The van der Waals surface area contributed by atoms with Gasteiger partial charge in [-0.15, -0.1) is 0 Å². The minimum Gasteiger partial charge on any atom is -0.343 e. The van der Waals surface area contributed by atoms with Gasteiger partial charge in [-0.3, -0.25) is 9.78 Å². The second-order valence-electron chi connectivity index (χ2n) is 5.59. The molecule has 2 unspecified atom stereocenters. The summed E-state index contributed by atoms with van der Waals surface area (Å²) in [6.45, 7) is 0. The van der Waals surface area contributed by atoms with E-state index < -0.39 is 0 Å². The summed E-state index contributed by atoms with van der Waals surface area (Å²) in [7, 11) is 0. The number of rotatable bonds is 4. The fraction of sp³-hybridized carbons (Fsp3) is 0.263. The number of carbonyl (C=O) groups excluding carboxylic acids is 1. The molecule has 0 fully saturated rings. The predicted molar refractivity (Wildman–Crippen MR) is 87.1 cm³/mol. The second kappa shape index (κ2) is 7.03. The van der Waals surface area contributed by atoms with Gasteiger partial charge in [0, 0.05) is 12.1 Å². The first-order chi connectivity index (χ1) is 10.8. The Labute approximate surface area is 131 Å². The van der Waals surface area contributed by atoms with Crippen LogP contribution >= 0.6 is 0 Å². The van der Waals surface area contributed by atoms with Crippen molar-refractivity contribution in [1.82, 2.24) is 10.3 Å². The number of nitrogens with zero attached hydrogens (tertiary/aromatic N) is 1. The summed E-state index contributed by atoms with van der Waals surface area (Å²) in [4.78, 5) is 17.0. The monoisotopic (exact) mass is 292 g/mol. The highest BCUT2D eigenvalue weighted by atomic mass is 16.1. The van der Waals surface area contributed by atoms with E-state index in [4.69, 9.17) is 0 Å². The van der Waals surface area contributed by atoms with Gasteiger partial charge in [0.2, 0.25) is 5.91 Å². The van der Waals surface area contributed by atoms with E-state index in [1.807, 2.05) is 48.5 Å². The molecule has 1 aromatic heterocycles. The molecule has 1 N–H and O–H groups in total. The van der Waals surface area contributed by atoms with Crippen LogP contribution in [0.5, 0.6) is 0 Å². The van der Waals surface area contributed by atoms with Crippen LogP contribution in [0.25, 0.3) is 0 Å². The molecule has 1 aliphatic rings. The zero-order chi connectivity index (χ0) is 15.2. The smallest absolute Gasteiger partial charge is 0.224 e. The van der Waals surface area contributed by atoms with Crippen molar-refractivity contribution in [2.24, 2.45) is 5.92 Å². The van der Waals surface area contributed by atoms with Crippen molar-refractivity contribution in [2.45, 2.75) is 25.3 Å². The summed E-state index contributed by atoms with van der Waals surface area (Å²) in [6, 6.07) is 15.6. The molecule has 3 rings (SSSR count). The Bertz CT molecular complexity index is 597. The van der Waals surface area contributed by atoms with E-state index in [1.54, 1.807) is 6.20 Å². The largest absolute Gasteiger partial charge is 0.343 e. The fourth-order valence-corrected chi connectivity index (χ4v) is 2.81. The Morgan fingerprint density at radius 3 is 2.59 bits per heavy atom. The highest BCUT2D eigenvalue weighted by Crippen LogP contribution is 2.23. The number of hydrogen-bond acceptors (Lipinski definition) is 2. The summed E-state index contributed by atoms with van der Waals surface area (Å²) in [5.74, 6) is 0.184. The molecule has 112 valence electrons. The Morgan fingerprint density at radius 2 is 1.91 bits per heavy atom. The Kier molecular flexibility index (Phi) is 4.64. The van der Waals surface area contributed by atoms with Gasteiger partial charge >= 0.3 is 0 Å². The molecule has 1 heterocycles. The van der Waals surface area contributed by atoms with Crippen LogP contribution in [-0.4, -0.2) is 10.9 Å². The van der Waals surface area contributed by atoms with E-state index in [0.717, 1.165) is 30.5 Å². The van der Waals surface area contributed by atoms with Crippen LogP contribution in [-0.2, 0) is 4.79 Å². The number of hydrogen-bond donors (Lipinski definition) is 1. The molecule has 1 aromatic carbocycles. The number of benzene rings is 1. The molecule has 0 saturated heterocycles. The molecule has 0 bridgehead atoms. The molecule has 2 aromatic rings. The van der Waals surface area contributed by atoms with E-state index in [1.165, 1.54) is 0 Å². The van der Waals surface area contributed by atoms with Gasteiger partial charge in [0.15, 0.2) is 0 Å². The standard InChI is InChI=1S/C19H20N2O/c22-19(16-11-5-2-6-12-16)21-18(15-9-3-1-4-10-15)17-13-7-8-14-20-17/h1-5,7-10,13-14,16,18H,6,11-12H2,(H,21,22). The SMILES string of the molecule is O=C(NC(c1ccccc1)c1ccccn1)C1CC=CCC1. The summed E-state index contributed by atoms with van der Waals surface area (Å²) in [6.07, 6.45) is 8.75. The van der Waals surface area contributed by atoms with Crippen LogP contribution in [0, 0.1) is 5.92 Å². The van der Waals surface area contributed by atoms with Crippen molar-refractivity contribution in [3.05, 3.63) is 78.1 Å². The van der Waals surface area contributed by atoms with Gasteiger partial charge in [-0.25, -0.2) is 0 Å². The molecule has 0 spiro atoms. The maximum atomic E-state index is 12.6. The summed E-state index contributed by atoms with van der Waals surface area (Å²) < 4.78 is 0. The first-order valence-electron chi connectivity index (χ1n) is 7.76. The molecule has 3 heteroatoms. The lowest BCUT2D eigenvalue weighted by Gasteiger charge is -2.23. The fourth-order valence-electron chi connectivity index (χ4n) is 2.81. The predicted octanol–water partition coefficient (Wildman–Crippen LogP) is 3.64. The molecule has 1 aliphatic carbocycles. The van der Waals surface area contributed by atoms with Crippen LogP contribution in [0.4, 0.5) is 0 Å². The van der Waals surface area contributed by atoms with Gasteiger partial charge in [0.1, 0.15) is 0 Å². The van der Waals surface area contributed by atoms with Crippen LogP contribution in [0.15, 0.2) is 66.9 Å². The zero-order valence-corrected chi connectivity index (χ0v) is 12.5. The lowest BCUT2D eigenvalue weighted by atomic mass is 9.92. The maximum Gasteiger partial charge on any atom is 0.224 e. The Balaban J connectivity index is 1.83. The molecular formula is C19H20N2O. The maximum absolute atomic E-state index is 12.6. The second-order valence-corrected chi connectivity index (χ2v) is 5.59. The average molecular weight is 292 g/mol. The van der Waals surface area contributed by atoms with Crippen LogP contribution < -0.4 is 5.32 Å². The van der Waals surface area contributed by atoms with Gasteiger partial charge in [-0.1, -0.05) is 48.6 Å². The number of carbonyl (C=O) groups is 1. The van der Waals surface area contributed by atoms with E-state index in [-0.39, 0.29) is 17.9 Å². The summed E-state index contributed by atoms with van der Waals surface area (Å²) in [5, 5.41) is 3.18. The number of aromatic nitrogens is 1. The van der Waals surface area contributed by atoms with Gasteiger partial charge in [0.25, 0.3) is 0 Å². The third-order valence-electron chi connectivity index (χ3n) is 4.04. The molecule has 2 atom stereocenters. The molecule has 3 nitrogen and oxygen atoms in total. The number of amides is 1. The number of pyridine rings is 1. The molecule has 22 heavy (non-hydrogen) atoms. The highest BCUT2D eigenvalue weighted by molar-refractivity contribution is 5.79. The summed E-state index contributed by atoms with van der Waals surface area (Å²) >= 11 is 0. The van der Waals surface area contributed by atoms with Crippen LogP contribution in [0.2, 0.25) is 0 Å². The van der Waals surface area contributed by atoms with Crippen molar-refractivity contribution in [3.63, 3.8) is 0 Å². The number of allylic oxidation sites excluding steroid dienone is 2. The Hall–Kier alpha value is -2.42. The van der Waals surface area contributed by atoms with Crippen molar-refractivity contribution < 1.29 is 4.79 Å². The van der Waals surface area contributed by atoms with Crippen molar-refractivity contribution in [1.29, 1.82) is 0 Å². The van der Waals surface area contributed by atoms with Crippen LogP contribution in [0.3, 0.4) is 0 Å². The van der Waals surface area contributed by atoms with Crippen molar-refractivity contribution >= 4 is 5.91 Å². The lowest BCUT2D eigenvalue weighted by Crippen LogP contribution is -2.35. The third-order valence-corrected chi connectivity index (χ3v) is 4.04. The van der Waals surface area contributed by atoms with E-state index in [0.29, 0.717) is 0 Å². The first kappa shape index (κ1) is 14.5. The van der Waals surface area contributed by atoms with Gasteiger partial charge in [-0.05, 0) is 37.0 Å². The quantitative estimate of drug-likeness (QED) is 0.874. The molecular weight excluding hydrogens is 272 g/mol. The lowest BCUT2D eigenvalue weighted by molar-refractivity contribution is -0.125. The third kappa shape index (κ3) is 3.42. The molecule has 0 aliphatic heterocycles. The normalized spacial score (nSPS) is 18.6. The molecule has 1 amide bonds. The zero-order valence-electron chi connectivity index (χ0n) is 12.5. The topological polar surface area (TPSA) is 42.0 Å². The van der Waals surface area contributed by atoms with Gasteiger partial charge in [0.05, 0.1) is 11.7 Å². The summed E-state index contributed by atoms with van der Waals surface area (Å²) in [5.41, 5.74) is 1.93. The number of nitrogens with one attached hydrogen (secondary N) is 1. The van der Waals surface area contributed by atoms with E-state index >= 15 is 0 Å². The van der Waals surface area contributed by atoms with E-state index in [2.05, 4.69) is 22.5 Å².